The van der Waals surface area contributed by atoms with Gasteiger partial charge in [0.25, 0.3) is 0 Å². The van der Waals surface area contributed by atoms with Gasteiger partial charge >= 0.3 is 5.97 Å². The molecule has 2 atom stereocenters. The fourth-order valence-corrected chi connectivity index (χ4v) is 4.67. The number of nitrogens with one attached hydrogen (secondary N) is 1. The normalized spacial score (nSPS) is 29.2. The fourth-order valence-electron chi connectivity index (χ4n) is 3.49. The van der Waals surface area contributed by atoms with Gasteiger partial charge in [-0.25, -0.2) is 9.78 Å². The first kappa shape index (κ1) is 15.1. The SMILES string of the molecule is COC(=O)c1sc(NC2CC3CCCC(C2)N3C)nc1Cl. The van der Waals surface area contributed by atoms with E-state index in [9.17, 15) is 4.79 Å². The van der Waals surface area contributed by atoms with E-state index in [2.05, 4.69) is 22.2 Å². The summed E-state index contributed by atoms with van der Waals surface area (Å²) in [5.41, 5.74) is 0. The van der Waals surface area contributed by atoms with E-state index in [1.54, 1.807) is 0 Å². The lowest BCUT2D eigenvalue weighted by atomic mass is 9.82. The number of carbonyl (C=O) groups excluding carboxylic acids is 1. The largest absolute Gasteiger partial charge is 0.465 e. The topological polar surface area (TPSA) is 54.5 Å². The highest BCUT2D eigenvalue weighted by Crippen LogP contribution is 2.35. The van der Waals surface area contributed by atoms with Gasteiger partial charge in [0, 0.05) is 18.1 Å². The average Bonchev–Trinajstić information content (AvgIpc) is 2.80. The maximum atomic E-state index is 11.6. The number of carbonyl (C=O) groups is 1. The maximum Gasteiger partial charge on any atom is 0.351 e. The van der Waals surface area contributed by atoms with Gasteiger partial charge in [-0.05, 0) is 32.7 Å². The minimum absolute atomic E-state index is 0.225. The summed E-state index contributed by atoms with van der Waals surface area (Å²) >= 11 is 7.28. The highest BCUT2D eigenvalue weighted by Gasteiger charge is 2.36. The van der Waals surface area contributed by atoms with E-state index in [1.165, 1.54) is 37.7 Å². The molecule has 0 aliphatic carbocycles. The lowest BCUT2D eigenvalue weighted by Crippen LogP contribution is -2.52. The molecule has 1 aromatic heterocycles. The van der Waals surface area contributed by atoms with Gasteiger partial charge in [-0.1, -0.05) is 29.4 Å². The standard InChI is InChI=1S/C14H20ClN3O2S/c1-18-9-4-3-5-10(18)7-8(6-9)16-14-17-12(15)11(21-14)13(19)20-2/h8-10H,3-7H2,1-2H3,(H,16,17). The van der Waals surface area contributed by atoms with Crippen molar-refractivity contribution in [2.24, 2.45) is 0 Å². The number of piperidine rings is 2. The summed E-state index contributed by atoms with van der Waals surface area (Å²) in [5.74, 6) is -0.425. The number of methoxy groups -OCH3 is 1. The van der Waals surface area contributed by atoms with Gasteiger partial charge < -0.3 is 15.0 Å². The summed E-state index contributed by atoms with van der Waals surface area (Å²) in [4.78, 5) is 18.7. The molecule has 2 unspecified atom stereocenters. The molecule has 0 radical (unpaired) electrons. The number of fused-ring (bicyclic) bond motifs is 2. The van der Waals surface area contributed by atoms with Crippen LogP contribution in [0.25, 0.3) is 0 Å². The number of thiazole rings is 1. The Kier molecular flexibility index (Phi) is 4.38. The van der Waals surface area contributed by atoms with Crippen LogP contribution in [0.1, 0.15) is 41.8 Å². The number of hydrogen-bond donors (Lipinski definition) is 1. The first-order valence-corrected chi connectivity index (χ1v) is 8.51. The number of hydrogen-bond acceptors (Lipinski definition) is 6. The molecular formula is C14H20ClN3O2S. The lowest BCUT2D eigenvalue weighted by Gasteiger charge is -2.47. The molecule has 2 saturated heterocycles. The van der Waals surface area contributed by atoms with E-state index in [0.29, 0.717) is 28.1 Å². The number of esters is 1. The van der Waals surface area contributed by atoms with Crippen LogP contribution in [0.15, 0.2) is 0 Å². The Bertz CT molecular complexity index is 522. The van der Waals surface area contributed by atoms with Crippen molar-refractivity contribution >= 4 is 34.0 Å². The van der Waals surface area contributed by atoms with Crippen molar-refractivity contribution in [3.8, 4) is 0 Å². The van der Waals surface area contributed by atoms with Gasteiger partial charge in [0.05, 0.1) is 7.11 Å². The smallest absolute Gasteiger partial charge is 0.351 e. The molecule has 21 heavy (non-hydrogen) atoms. The van der Waals surface area contributed by atoms with Gasteiger partial charge in [-0.2, -0.15) is 0 Å². The molecule has 2 aliphatic heterocycles. The van der Waals surface area contributed by atoms with Crippen LogP contribution >= 0.6 is 22.9 Å². The Morgan fingerprint density at radius 3 is 2.71 bits per heavy atom. The van der Waals surface area contributed by atoms with E-state index < -0.39 is 5.97 Å². The van der Waals surface area contributed by atoms with E-state index in [-0.39, 0.29) is 5.15 Å². The Balaban J connectivity index is 1.68. The molecular weight excluding hydrogens is 310 g/mol. The molecule has 116 valence electrons. The van der Waals surface area contributed by atoms with Gasteiger partial charge in [0.1, 0.15) is 0 Å². The quantitative estimate of drug-likeness (QED) is 0.864. The molecule has 3 heterocycles. The number of anilines is 1. The molecule has 1 N–H and O–H groups in total. The Labute approximate surface area is 133 Å². The van der Waals surface area contributed by atoms with Crippen LogP contribution in [0.3, 0.4) is 0 Å². The second-order valence-corrected chi connectivity index (χ2v) is 7.20. The van der Waals surface area contributed by atoms with E-state index >= 15 is 0 Å². The minimum atomic E-state index is -0.425. The molecule has 3 rings (SSSR count). The summed E-state index contributed by atoms with van der Waals surface area (Å²) in [6.45, 7) is 0. The monoisotopic (exact) mass is 329 g/mol. The molecule has 5 nitrogen and oxygen atoms in total. The van der Waals surface area contributed by atoms with Crippen LogP contribution < -0.4 is 5.32 Å². The zero-order chi connectivity index (χ0) is 15.0. The molecule has 1 aromatic rings. The van der Waals surface area contributed by atoms with Crippen molar-refractivity contribution in [3.05, 3.63) is 10.0 Å². The summed E-state index contributed by atoms with van der Waals surface area (Å²) in [7, 11) is 3.59. The highest BCUT2D eigenvalue weighted by atomic mass is 35.5. The molecule has 2 fully saturated rings. The lowest BCUT2D eigenvalue weighted by molar-refractivity contribution is 0.0605. The van der Waals surface area contributed by atoms with Gasteiger partial charge in [-0.15, -0.1) is 0 Å². The highest BCUT2D eigenvalue weighted by molar-refractivity contribution is 7.18. The molecule has 0 spiro atoms. The predicted octanol–water partition coefficient (Wildman–Crippen LogP) is 3.01. The second-order valence-electron chi connectivity index (χ2n) is 5.85. The van der Waals surface area contributed by atoms with Crippen LogP contribution in [0.4, 0.5) is 5.13 Å². The van der Waals surface area contributed by atoms with Crippen LogP contribution in [0.5, 0.6) is 0 Å². The first-order valence-electron chi connectivity index (χ1n) is 7.31. The average molecular weight is 330 g/mol. The third-order valence-corrected chi connectivity index (χ3v) is 5.98. The number of aromatic nitrogens is 1. The van der Waals surface area contributed by atoms with E-state index in [4.69, 9.17) is 16.3 Å². The van der Waals surface area contributed by atoms with Crippen molar-refractivity contribution in [1.29, 1.82) is 0 Å². The zero-order valence-electron chi connectivity index (χ0n) is 12.3. The minimum Gasteiger partial charge on any atom is -0.465 e. The van der Waals surface area contributed by atoms with Crippen LogP contribution in [-0.2, 0) is 4.74 Å². The van der Waals surface area contributed by atoms with Crippen molar-refractivity contribution in [2.75, 3.05) is 19.5 Å². The predicted molar refractivity (Wildman–Crippen MR) is 84.3 cm³/mol. The fraction of sp³-hybridized carbons (Fsp3) is 0.714. The first-order chi connectivity index (χ1) is 10.1. The van der Waals surface area contributed by atoms with Gasteiger partial charge in [0.2, 0.25) is 0 Å². The Morgan fingerprint density at radius 1 is 1.43 bits per heavy atom. The molecule has 7 heteroatoms. The number of rotatable bonds is 3. The maximum absolute atomic E-state index is 11.6. The third kappa shape index (κ3) is 3.03. The van der Waals surface area contributed by atoms with Gasteiger partial charge in [-0.3, -0.25) is 0 Å². The van der Waals surface area contributed by atoms with Crippen molar-refractivity contribution in [3.63, 3.8) is 0 Å². The summed E-state index contributed by atoms with van der Waals surface area (Å²) in [5, 5.41) is 4.40. The number of ether oxygens (including phenoxy) is 1. The zero-order valence-corrected chi connectivity index (χ0v) is 13.8. The number of nitrogens with zero attached hydrogens (tertiary/aromatic N) is 2. The Hall–Kier alpha value is -0.850. The summed E-state index contributed by atoms with van der Waals surface area (Å²) in [6.07, 6.45) is 6.13. The molecule has 0 amide bonds. The van der Waals surface area contributed by atoms with Gasteiger partial charge in [0.15, 0.2) is 15.2 Å². The number of halogens is 1. The summed E-state index contributed by atoms with van der Waals surface area (Å²) in [6, 6.07) is 1.72. The van der Waals surface area contributed by atoms with E-state index in [0.717, 1.165) is 12.8 Å². The second kappa shape index (κ2) is 6.10. The van der Waals surface area contributed by atoms with Crippen LogP contribution in [0.2, 0.25) is 5.15 Å². The van der Waals surface area contributed by atoms with E-state index in [1.807, 2.05) is 0 Å². The van der Waals surface area contributed by atoms with Crippen molar-refractivity contribution in [1.82, 2.24) is 9.88 Å². The van der Waals surface area contributed by atoms with Crippen molar-refractivity contribution < 1.29 is 9.53 Å². The molecule has 2 aliphatic rings. The Morgan fingerprint density at radius 2 is 2.10 bits per heavy atom. The third-order valence-electron chi connectivity index (χ3n) is 4.62. The summed E-state index contributed by atoms with van der Waals surface area (Å²) < 4.78 is 4.71. The molecule has 0 aromatic carbocycles. The molecule has 0 saturated carbocycles. The van der Waals surface area contributed by atoms with Crippen LogP contribution in [0, 0.1) is 0 Å². The van der Waals surface area contributed by atoms with Crippen molar-refractivity contribution in [2.45, 2.75) is 50.2 Å². The molecule has 2 bridgehead atoms. The van der Waals surface area contributed by atoms with Crippen LogP contribution in [-0.4, -0.2) is 48.1 Å².